The molecule has 4 heteroatoms. The SMILES string of the molecule is CCCCP(CCCC)C1=Cc2ccccc2[CH]1[Zr+2][CH]1CCC2C=CC=CC21.[Cl-].[Cl-]. The molecule has 3 aliphatic carbocycles. The van der Waals surface area contributed by atoms with E-state index < -0.39 is 23.2 Å². The van der Waals surface area contributed by atoms with Crippen LogP contribution >= 0.6 is 7.92 Å². The van der Waals surface area contributed by atoms with E-state index in [1.807, 2.05) is 5.31 Å². The van der Waals surface area contributed by atoms with Crippen LogP contribution in [0.3, 0.4) is 0 Å². The van der Waals surface area contributed by atoms with Crippen LogP contribution in [0.5, 0.6) is 0 Å². The van der Waals surface area contributed by atoms with Crippen molar-refractivity contribution in [3.05, 3.63) is 65.0 Å². The van der Waals surface area contributed by atoms with Crippen LogP contribution in [0.2, 0.25) is 3.63 Å². The van der Waals surface area contributed by atoms with E-state index in [1.165, 1.54) is 50.8 Å². The summed E-state index contributed by atoms with van der Waals surface area (Å²) in [6.45, 7) is 4.72. The summed E-state index contributed by atoms with van der Waals surface area (Å²) >= 11 is -0.533. The Morgan fingerprint density at radius 1 is 0.933 bits per heavy atom. The maximum Gasteiger partial charge on any atom is -1.00 e. The van der Waals surface area contributed by atoms with Gasteiger partial charge in [-0.05, 0) is 0 Å². The zero-order valence-corrected chi connectivity index (χ0v) is 23.2. The number of fused-ring (bicyclic) bond motifs is 2. The summed E-state index contributed by atoms with van der Waals surface area (Å²) < 4.78 is 1.89. The van der Waals surface area contributed by atoms with Gasteiger partial charge < -0.3 is 24.8 Å². The van der Waals surface area contributed by atoms with Gasteiger partial charge in [0.15, 0.2) is 0 Å². The first-order chi connectivity index (χ1) is 13.8. The van der Waals surface area contributed by atoms with Gasteiger partial charge in [0.1, 0.15) is 0 Å². The number of hydrogen-bond acceptors (Lipinski definition) is 0. The van der Waals surface area contributed by atoms with Gasteiger partial charge in [-0.15, -0.1) is 0 Å². The quantitative estimate of drug-likeness (QED) is 0.422. The topological polar surface area (TPSA) is 0 Å². The maximum absolute atomic E-state index is 2.67. The second-order valence-electron chi connectivity index (χ2n) is 8.69. The summed E-state index contributed by atoms with van der Waals surface area (Å²) in [5.41, 5.74) is 3.28. The molecule has 0 heterocycles. The largest absolute Gasteiger partial charge is 1.00 e. The van der Waals surface area contributed by atoms with Crippen LogP contribution in [0.4, 0.5) is 0 Å². The molecule has 0 saturated heterocycles. The summed E-state index contributed by atoms with van der Waals surface area (Å²) in [6, 6.07) is 9.41. The smallest absolute Gasteiger partial charge is 1.00 e. The van der Waals surface area contributed by atoms with Gasteiger partial charge in [-0.25, -0.2) is 0 Å². The van der Waals surface area contributed by atoms with E-state index in [1.54, 1.807) is 11.1 Å². The molecule has 3 aliphatic rings. The molecule has 0 amide bonds. The summed E-state index contributed by atoms with van der Waals surface area (Å²) in [5.74, 6) is 1.71. The van der Waals surface area contributed by atoms with Gasteiger partial charge in [0.25, 0.3) is 0 Å². The average Bonchev–Trinajstić information content (AvgIpc) is 3.31. The number of allylic oxidation sites excluding steroid dienone is 5. The minimum absolute atomic E-state index is 0. The molecule has 0 spiro atoms. The predicted molar refractivity (Wildman–Crippen MR) is 122 cm³/mol. The van der Waals surface area contributed by atoms with Crippen molar-refractivity contribution in [1.29, 1.82) is 0 Å². The van der Waals surface area contributed by atoms with Gasteiger partial charge in [0.2, 0.25) is 0 Å². The van der Waals surface area contributed by atoms with Crippen LogP contribution in [0.15, 0.2) is 53.9 Å². The fraction of sp³-hybridized carbons (Fsp3) is 0.538. The molecule has 4 rings (SSSR count). The van der Waals surface area contributed by atoms with Gasteiger partial charge in [0, 0.05) is 0 Å². The Bertz CT molecular complexity index is 749. The molecular formula is C26H35Cl2PZr. The molecule has 30 heavy (non-hydrogen) atoms. The van der Waals surface area contributed by atoms with Crippen molar-refractivity contribution in [2.45, 2.75) is 59.6 Å². The minimum atomic E-state index is -0.533. The Morgan fingerprint density at radius 3 is 2.37 bits per heavy atom. The molecule has 1 fully saturated rings. The van der Waals surface area contributed by atoms with Gasteiger partial charge in [-0.2, -0.15) is 0 Å². The number of benzene rings is 1. The second-order valence-corrected chi connectivity index (χ2v) is 15.2. The monoisotopic (exact) mass is 538 g/mol. The molecule has 4 atom stereocenters. The normalized spacial score (nSPS) is 25.8. The first kappa shape index (κ1) is 26.6. The average molecular weight is 541 g/mol. The van der Waals surface area contributed by atoms with Gasteiger partial charge >= 0.3 is 186 Å². The number of halogens is 2. The molecule has 0 N–H and O–H groups in total. The van der Waals surface area contributed by atoms with Crippen LogP contribution in [0, 0.1) is 11.8 Å². The van der Waals surface area contributed by atoms with Crippen molar-refractivity contribution in [3.63, 3.8) is 0 Å². The van der Waals surface area contributed by atoms with E-state index in [9.17, 15) is 0 Å². The fourth-order valence-electron chi connectivity index (χ4n) is 5.19. The Hall–Kier alpha value is 0.333. The van der Waals surface area contributed by atoms with Crippen molar-refractivity contribution >= 4 is 14.0 Å². The Morgan fingerprint density at radius 2 is 1.63 bits per heavy atom. The third-order valence-corrected chi connectivity index (χ3v) is 15.3. The van der Waals surface area contributed by atoms with Crippen molar-refractivity contribution in [2.24, 2.45) is 11.8 Å². The van der Waals surface area contributed by atoms with Gasteiger partial charge in [-0.1, -0.05) is 0 Å². The van der Waals surface area contributed by atoms with E-state index in [0.717, 1.165) is 19.1 Å². The Kier molecular flexibility index (Phi) is 11.6. The number of rotatable bonds is 9. The molecule has 0 bridgehead atoms. The fourth-order valence-corrected chi connectivity index (χ4v) is 14.9. The summed E-state index contributed by atoms with van der Waals surface area (Å²) in [5, 5.41) is 1.92. The third kappa shape index (κ3) is 6.01. The minimum Gasteiger partial charge on any atom is -1.00 e. The summed E-state index contributed by atoms with van der Waals surface area (Å²) in [6.07, 6.45) is 23.7. The molecule has 1 aromatic rings. The predicted octanol–water partition coefficient (Wildman–Crippen LogP) is 2.20. The summed E-state index contributed by atoms with van der Waals surface area (Å²) in [7, 11) is 0.0730. The molecule has 1 saturated carbocycles. The molecule has 0 aromatic heterocycles. The molecule has 4 unspecified atom stereocenters. The van der Waals surface area contributed by atoms with Crippen LogP contribution in [0.25, 0.3) is 6.08 Å². The van der Waals surface area contributed by atoms with Crippen LogP contribution in [-0.4, -0.2) is 12.3 Å². The third-order valence-electron chi connectivity index (χ3n) is 6.79. The summed E-state index contributed by atoms with van der Waals surface area (Å²) in [4.78, 5) is 0. The number of hydrogen-bond donors (Lipinski definition) is 0. The maximum atomic E-state index is 2.67. The van der Waals surface area contributed by atoms with Crippen molar-refractivity contribution in [2.75, 3.05) is 12.3 Å². The van der Waals surface area contributed by atoms with E-state index >= 15 is 0 Å². The molecule has 1 aromatic carbocycles. The first-order valence-electron chi connectivity index (χ1n) is 11.5. The first-order valence-corrected chi connectivity index (χ1v) is 16.0. The van der Waals surface area contributed by atoms with Crippen LogP contribution in [0.1, 0.15) is 67.1 Å². The molecule has 0 nitrogen and oxygen atoms in total. The molecule has 162 valence electrons. The Balaban J connectivity index is 0.00000160. The van der Waals surface area contributed by atoms with Crippen molar-refractivity contribution < 1.29 is 48.0 Å². The van der Waals surface area contributed by atoms with Crippen LogP contribution in [-0.2, 0) is 23.2 Å². The van der Waals surface area contributed by atoms with Crippen molar-refractivity contribution in [1.82, 2.24) is 0 Å². The van der Waals surface area contributed by atoms with E-state index in [0.29, 0.717) is 0 Å². The van der Waals surface area contributed by atoms with Gasteiger partial charge in [0.05, 0.1) is 0 Å². The standard InChI is InChI=1S/C17H24P.C9H11.2ClH.Zr/c1-3-5-11-18(12-6-4-2)17-13-15-9-7-8-10-16(15)14-17;1-2-5-9-7-3-6-8(9)4-1;;;/h7-10,13-14H,3-6,11-12H2,1-2H3;1-2,4-6,8-9H,3,7H2;2*1H;/q;;;;+2/p-2. The zero-order chi connectivity index (χ0) is 19.3. The second kappa shape index (κ2) is 13.1. The molecule has 0 aliphatic heterocycles. The zero-order valence-electron chi connectivity index (χ0n) is 18.4. The van der Waals surface area contributed by atoms with E-state index in [4.69, 9.17) is 0 Å². The number of unbranched alkanes of at least 4 members (excludes halogenated alkanes) is 2. The Labute approximate surface area is 209 Å². The van der Waals surface area contributed by atoms with Crippen LogP contribution < -0.4 is 24.8 Å². The molecular weight excluding hydrogens is 505 g/mol. The van der Waals surface area contributed by atoms with E-state index in [-0.39, 0.29) is 32.7 Å². The van der Waals surface area contributed by atoms with Gasteiger partial charge in [-0.3, -0.25) is 0 Å². The molecule has 0 radical (unpaired) electrons. The van der Waals surface area contributed by atoms with Crippen molar-refractivity contribution in [3.8, 4) is 0 Å². The van der Waals surface area contributed by atoms with E-state index in [2.05, 4.69) is 68.5 Å².